The van der Waals surface area contributed by atoms with Crippen LogP contribution in [0.2, 0.25) is 5.15 Å². The Morgan fingerprint density at radius 2 is 2.12 bits per heavy atom. The molecule has 0 unspecified atom stereocenters. The van der Waals surface area contributed by atoms with Gasteiger partial charge < -0.3 is 10.0 Å². The first-order valence-corrected chi connectivity index (χ1v) is 6.26. The van der Waals surface area contributed by atoms with E-state index in [1.54, 1.807) is 12.4 Å². The summed E-state index contributed by atoms with van der Waals surface area (Å²) in [6.07, 6.45) is 3.52. The molecular formula is C11H12ClN3OS. The number of aromatic nitrogens is 2. The minimum atomic E-state index is -0.0698. The van der Waals surface area contributed by atoms with E-state index >= 15 is 0 Å². The smallest absolute Gasteiger partial charge is 0.187 e. The van der Waals surface area contributed by atoms with Crippen molar-refractivity contribution < 1.29 is 5.11 Å². The van der Waals surface area contributed by atoms with E-state index in [9.17, 15) is 0 Å². The fraction of sp³-hybridized carbons (Fsp3) is 0.273. The lowest BCUT2D eigenvalue weighted by Gasteiger charge is -2.15. The van der Waals surface area contributed by atoms with Crippen LogP contribution in [0.5, 0.6) is 0 Å². The molecule has 0 aliphatic carbocycles. The Labute approximate surface area is 109 Å². The molecule has 0 saturated carbocycles. The summed E-state index contributed by atoms with van der Waals surface area (Å²) < 4.78 is 0. The van der Waals surface area contributed by atoms with Gasteiger partial charge in [-0.1, -0.05) is 22.9 Å². The number of hydrogen-bond donors (Lipinski definition) is 1. The molecule has 0 aliphatic heterocycles. The molecule has 0 saturated heterocycles. The van der Waals surface area contributed by atoms with E-state index in [0.717, 1.165) is 17.2 Å². The van der Waals surface area contributed by atoms with Crippen LogP contribution >= 0.6 is 22.9 Å². The molecular weight excluding hydrogens is 258 g/mol. The third-order valence-electron chi connectivity index (χ3n) is 2.28. The molecule has 2 aromatic heterocycles. The summed E-state index contributed by atoms with van der Waals surface area (Å²) in [5.74, 6) is 0. The van der Waals surface area contributed by atoms with Gasteiger partial charge in [0.2, 0.25) is 0 Å². The molecule has 2 heterocycles. The van der Waals surface area contributed by atoms with Gasteiger partial charge in [-0.2, -0.15) is 0 Å². The second kappa shape index (κ2) is 5.44. The standard InChI is InChI=1S/C11H12ClN3OS/c1-15(6-8-2-4-13-5-3-8)11-14-10(12)9(7-16)17-11/h2-5,16H,6-7H2,1H3. The number of nitrogens with zero attached hydrogens (tertiary/aromatic N) is 3. The number of thiazole rings is 1. The van der Waals surface area contributed by atoms with Crippen LogP contribution in [-0.2, 0) is 13.2 Å². The van der Waals surface area contributed by atoms with Gasteiger partial charge >= 0.3 is 0 Å². The summed E-state index contributed by atoms with van der Waals surface area (Å²) in [4.78, 5) is 10.9. The van der Waals surface area contributed by atoms with E-state index in [4.69, 9.17) is 16.7 Å². The van der Waals surface area contributed by atoms with Crippen molar-refractivity contribution in [3.8, 4) is 0 Å². The van der Waals surface area contributed by atoms with Crippen molar-refractivity contribution in [1.82, 2.24) is 9.97 Å². The second-order valence-corrected chi connectivity index (χ2v) is 5.00. The predicted molar refractivity (Wildman–Crippen MR) is 69.4 cm³/mol. The van der Waals surface area contributed by atoms with E-state index < -0.39 is 0 Å². The Balaban J connectivity index is 2.12. The highest BCUT2D eigenvalue weighted by molar-refractivity contribution is 7.16. The van der Waals surface area contributed by atoms with Gasteiger partial charge in [0.25, 0.3) is 0 Å². The van der Waals surface area contributed by atoms with E-state index in [2.05, 4.69) is 9.97 Å². The van der Waals surface area contributed by atoms with Crippen molar-refractivity contribution in [2.45, 2.75) is 13.2 Å². The molecule has 1 N–H and O–H groups in total. The first kappa shape index (κ1) is 12.3. The number of anilines is 1. The highest BCUT2D eigenvalue weighted by Gasteiger charge is 2.11. The Morgan fingerprint density at radius 1 is 1.41 bits per heavy atom. The van der Waals surface area contributed by atoms with Crippen molar-refractivity contribution in [1.29, 1.82) is 0 Å². The van der Waals surface area contributed by atoms with Crippen molar-refractivity contribution >= 4 is 28.1 Å². The Morgan fingerprint density at radius 3 is 2.71 bits per heavy atom. The van der Waals surface area contributed by atoms with Gasteiger partial charge in [-0.3, -0.25) is 4.98 Å². The summed E-state index contributed by atoms with van der Waals surface area (Å²) in [6.45, 7) is 0.664. The number of pyridine rings is 1. The summed E-state index contributed by atoms with van der Waals surface area (Å²) in [5, 5.41) is 10.2. The number of aliphatic hydroxyl groups excluding tert-OH is 1. The molecule has 2 rings (SSSR count). The topological polar surface area (TPSA) is 49.2 Å². The summed E-state index contributed by atoms with van der Waals surface area (Å²) in [5.41, 5.74) is 1.15. The quantitative estimate of drug-likeness (QED) is 0.925. The largest absolute Gasteiger partial charge is 0.391 e. The fourth-order valence-corrected chi connectivity index (χ4v) is 2.49. The van der Waals surface area contributed by atoms with Crippen LogP contribution in [0.3, 0.4) is 0 Å². The zero-order valence-corrected chi connectivity index (χ0v) is 10.9. The van der Waals surface area contributed by atoms with Gasteiger partial charge in [-0.15, -0.1) is 0 Å². The van der Waals surface area contributed by atoms with Gasteiger partial charge in [-0.25, -0.2) is 4.98 Å². The average molecular weight is 270 g/mol. The lowest BCUT2D eigenvalue weighted by molar-refractivity contribution is 0.285. The van der Waals surface area contributed by atoms with Crippen molar-refractivity contribution in [2.24, 2.45) is 0 Å². The number of halogens is 1. The van der Waals surface area contributed by atoms with Crippen molar-refractivity contribution in [3.63, 3.8) is 0 Å². The highest BCUT2D eigenvalue weighted by atomic mass is 35.5. The van der Waals surface area contributed by atoms with Crippen molar-refractivity contribution in [3.05, 3.63) is 40.1 Å². The zero-order valence-electron chi connectivity index (χ0n) is 9.30. The maximum atomic E-state index is 9.06. The van der Waals surface area contributed by atoms with Crippen LogP contribution in [0.15, 0.2) is 24.5 Å². The summed E-state index contributed by atoms with van der Waals surface area (Å²) in [7, 11) is 1.94. The molecule has 17 heavy (non-hydrogen) atoms. The summed E-state index contributed by atoms with van der Waals surface area (Å²) >= 11 is 7.30. The van der Waals surface area contributed by atoms with Gasteiger partial charge in [-0.05, 0) is 17.7 Å². The molecule has 0 aromatic carbocycles. The normalized spacial score (nSPS) is 10.5. The lowest BCUT2D eigenvalue weighted by Crippen LogP contribution is -2.15. The molecule has 0 atom stereocenters. The molecule has 0 bridgehead atoms. The molecule has 2 aromatic rings. The predicted octanol–water partition coefficient (Wildman–Crippen LogP) is 2.32. The Kier molecular flexibility index (Phi) is 3.93. The first-order chi connectivity index (χ1) is 8.20. The maximum Gasteiger partial charge on any atom is 0.187 e. The molecule has 0 amide bonds. The molecule has 0 fully saturated rings. The highest BCUT2D eigenvalue weighted by Crippen LogP contribution is 2.29. The molecule has 0 aliphatic rings. The Bertz CT molecular complexity index is 489. The van der Waals surface area contributed by atoms with Crippen LogP contribution in [0.1, 0.15) is 10.4 Å². The zero-order chi connectivity index (χ0) is 12.3. The van der Waals surface area contributed by atoms with Gasteiger partial charge in [0.05, 0.1) is 11.5 Å². The minimum Gasteiger partial charge on any atom is -0.391 e. The van der Waals surface area contributed by atoms with Gasteiger partial charge in [0.1, 0.15) is 5.15 Å². The molecule has 6 heteroatoms. The van der Waals surface area contributed by atoms with E-state index in [1.165, 1.54) is 11.3 Å². The van der Waals surface area contributed by atoms with E-state index in [1.807, 2.05) is 24.1 Å². The van der Waals surface area contributed by atoms with Crippen LogP contribution in [0.25, 0.3) is 0 Å². The third kappa shape index (κ3) is 2.94. The third-order valence-corrected chi connectivity index (χ3v) is 3.86. The van der Waals surface area contributed by atoms with Crippen LogP contribution in [-0.4, -0.2) is 22.1 Å². The maximum absolute atomic E-state index is 9.06. The van der Waals surface area contributed by atoms with E-state index in [-0.39, 0.29) is 6.61 Å². The monoisotopic (exact) mass is 269 g/mol. The van der Waals surface area contributed by atoms with Crippen LogP contribution < -0.4 is 4.90 Å². The number of aliphatic hydroxyl groups is 1. The fourth-order valence-electron chi connectivity index (χ4n) is 1.41. The number of hydrogen-bond acceptors (Lipinski definition) is 5. The SMILES string of the molecule is CN(Cc1ccncc1)c1nc(Cl)c(CO)s1. The number of rotatable bonds is 4. The molecule has 90 valence electrons. The molecule has 4 nitrogen and oxygen atoms in total. The summed E-state index contributed by atoms with van der Waals surface area (Å²) in [6, 6.07) is 3.91. The minimum absolute atomic E-state index is 0.0698. The van der Waals surface area contributed by atoms with Gasteiger partial charge in [0.15, 0.2) is 5.13 Å². The van der Waals surface area contributed by atoms with Gasteiger partial charge in [0, 0.05) is 26.0 Å². The van der Waals surface area contributed by atoms with Crippen molar-refractivity contribution in [2.75, 3.05) is 11.9 Å². The Hall–Kier alpha value is -1.17. The van der Waals surface area contributed by atoms with Crippen LogP contribution in [0.4, 0.5) is 5.13 Å². The van der Waals surface area contributed by atoms with E-state index in [0.29, 0.717) is 10.0 Å². The molecule has 0 radical (unpaired) electrons. The molecule has 0 spiro atoms. The lowest BCUT2D eigenvalue weighted by atomic mass is 10.2. The average Bonchev–Trinajstić information content (AvgIpc) is 2.72. The van der Waals surface area contributed by atoms with Crippen LogP contribution in [0, 0.1) is 0 Å². The first-order valence-electron chi connectivity index (χ1n) is 5.07. The second-order valence-electron chi connectivity index (χ2n) is 3.58.